The van der Waals surface area contributed by atoms with Crippen LogP contribution in [0.4, 0.5) is 14.5 Å². The van der Waals surface area contributed by atoms with Crippen LogP contribution in [0, 0.1) is 11.6 Å². The molecule has 0 saturated carbocycles. The van der Waals surface area contributed by atoms with Gasteiger partial charge in [0.25, 0.3) is 0 Å². The molecule has 0 fully saturated rings. The Hall–Kier alpha value is -2.69. The van der Waals surface area contributed by atoms with Gasteiger partial charge < -0.3 is 5.32 Å². The molecular weight excluding hydrogens is 272 g/mol. The third-order valence-electron chi connectivity index (χ3n) is 3.02. The molecule has 0 unspecified atom stereocenters. The molecular formula is C16H13F2N3. The van der Waals surface area contributed by atoms with Crippen LogP contribution in [0.5, 0.6) is 0 Å². The fourth-order valence-electron chi connectivity index (χ4n) is 2.03. The number of nitrogens with zero attached hydrogens (tertiary/aromatic N) is 2. The molecule has 0 saturated heterocycles. The van der Waals surface area contributed by atoms with Gasteiger partial charge in [-0.2, -0.15) is 5.10 Å². The molecule has 0 aliphatic heterocycles. The number of halogens is 2. The van der Waals surface area contributed by atoms with Crippen LogP contribution in [-0.2, 0) is 6.54 Å². The lowest BCUT2D eigenvalue weighted by atomic mass is 10.2. The summed E-state index contributed by atoms with van der Waals surface area (Å²) in [5.74, 6) is -1.20. The minimum absolute atomic E-state index is 0.403. The van der Waals surface area contributed by atoms with Crippen LogP contribution in [0.2, 0.25) is 0 Å². The third-order valence-corrected chi connectivity index (χ3v) is 3.02. The van der Waals surface area contributed by atoms with E-state index in [0.717, 1.165) is 17.3 Å². The Balaban J connectivity index is 1.70. The Morgan fingerprint density at radius 1 is 1.00 bits per heavy atom. The summed E-state index contributed by atoms with van der Waals surface area (Å²) in [7, 11) is 0. The molecule has 5 heteroatoms. The summed E-state index contributed by atoms with van der Waals surface area (Å²) in [5.41, 5.74) is 2.28. The Morgan fingerprint density at radius 2 is 1.71 bits per heavy atom. The molecule has 3 aromatic rings. The largest absolute Gasteiger partial charge is 0.381 e. The van der Waals surface area contributed by atoms with Crippen LogP contribution < -0.4 is 5.32 Å². The minimum Gasteiger partial charge on any atom is -0.381 e. The molecule has 0 atom stereocenters. The standard InChI is InChI=1S/C16H13F2N3/c17-13-6-14(18)8-15(7-13)19-9-12-10-20-21(11-12)16-4-2-1-3-5-16/h1-8,10-11,19H,9H2. The molecule has 0 amide bonds. The monoisotopic (exact) mass is 285 g/mol. The van der Waals surface area contributed by atoms with Crippen molar-refractivity contribution in [1.82, 2.24) is 9.78 Å². The first kappa shape index (κ1) is 13.3. The number of rotatable bonds is 4. The van der Waals surface area contributed by atoms with Gasteiger partial charge in [-0.1, -0.05) is 18.2 Å². The van der Waals surface area contributed by atoms with E-state index in [1.165, 1.54) is 12.1 Å². The van der Waals surface area contributed by atoms with Crippen LogP contribution in [0.1, 0.15) is 5.56 Å². The second kappa shape index (κ2) is 5.75. The summed E-state index contributed by atoms with van der Waals surface area (Å²) < 4.78 is 27.9. The highest BCUT2D eigenvalue weighted by molar-refractivity contribution is 5.44. The second-order valence-corrected chi connectivity index (χ2v) is 4.64. The number of benzene rings is 2. The van der Waals surface area contributed by atoms with Crippen molar-refractivity contribution in [2.24, 2.45) is 0 Å². The molecule has 3 rings (SSSR count). The van der Waals surface area contributed by atoms with Gasteiger partial charge in [-0.25, -0.2) is 13.5 Å². The van der Waals surface area contributed by atoms with Gasteiger partial charge in [-0.05, 0) is 24.3 Å². The normalized spacial score (nSPS) is 10.6. The average Bonchev–Trinajstić information content (AvgIpc) is 2.94. The first-order valence-electron chi connectivity index (χ1n) is 6.50. The molecule has 0 aliphatic rings. The van der Waals surface area contributed by atoms with E-state index < -0.39 is 11.6 Å². The van der Waals surface area contributed by atoms with Gasteiger partial charge in [0, 0.05) is 30.1 Å². The van der Waals surface area contributed by atoms with Gasteiger partial charge in [0.15, 0.2) is 0 Å². The van der Waals surface area contributed by atoms with Crippen LogP contribution >= 0.6 is 0 Å². The number of hydrogen-bond acceptors (Lipinski definition) is 2. The van der Waals surface area contributed by atoms with Crippen molar-refractivity contribution in [2.45, 2.75) is 6.54 Å². The first-order valence-corrected chi connectivity index (χ1v) is 6.50. The van der Waals surface area contributed by atoms with Gasteiger partial charge in [0.05, 0.1) is 11.9 Å². The molecule has 106 valence electrons. The number of anilines is 1. The van der Waals surface area contributed by atoms with Crippen molar-refractivity contribution in [3.63, 3.8) is 0 Å². The third kappa shape index (κ3) is 3.25. The highest BCUT2D eigenvalue weighted by Gasteiger charge is 2.03. The van der Waals surface area contributed by atoms with E-state index in [-0.39, 0.29) is 0 Å². The maximum atomic E-state index is 13.1. The Morgan fingerprint density at radius 3 is 2.43 bits per heavy atom. The van der Waals surface area contributed by atoms with E-state index >= 15 is 0 Å². The average molecular weight is 285 g/mol. The van der Waals surface area contributed by atoms with E-state index in [0.29, 0.717) is 12.2 Å². The van der Waals surface area contributed by atoms with E-state index in [4.69, 9.17) is 0 Å². The van der Waals surface area contributed by atoms with Crippen LogP contribution in [0.15, 0.2) is 60.9 Å². The molecule has 2 aromatic carbocycles. The minimum atomic E-state index is -0.600. The summed E-state index contributed by atoms with van der Waals surface area (Å²) in [6, 6.07) is 13.1. The van der Waals surface area contributed by atoms with Crippen molar-refractivity contribution in [3.05, 3.63) is 78.1 Å². The van der Waals surface area contributed by atoms with Gasteiger partial charge in [0.1, 0.15) is 11.6 Å². The van der Waals surface area contributed by atoms with Crippen molar-refractivity contribution in [2.75, 3.05) is 5.32 Å². The zero-order valence-corrected chi connectivity index (χ0v) is 11.1. The van der Waals surface area contributed by atoms with E-state index in [1.807, 2.05) is 36.5 Å². The predicted octanol–water partition coefficient (Wildman–Crippen LogP) is 3.76. The van der Waals surface area contributed by atoms with Crippen molar-refractivity contribution < 1.29 is 8.78 Å². The highest BCUT2D eigenvalue weighted by atomic mass is 19.1. The molecule has 1 aromatic heterocycles. The fourth-order valence-corrected chi connectivity index (χ4v) is 2.03. The number of para-hydroxylation sites is 1. The SMILES string of the molecule is Fc1cc(F)cc(NCc2cnn(-c3ccccc3)c2)c1. The zero-order valence-electron chi connectivity index (χ0n) is 11.1. The second-order valence-electron chi connectivity index (χ2n) is 4.64. The molecule has 0 aliphatic carbocycles. The molecule has 0 spiro atoms. The molecule has 1 N–H and O–H groups in total. The maximum Gasteiger partial charge on any atom is 0.128 e. The van der Waals surface area contributed by atoms with Crippen molar-refractivity contribution in [3.8, 4) is 5.69 Å². The summed E-state index contributed by atoms with van der Waals surface area (Å²) in [5, 5.41) is 7.24. The summed E-state index contributed by atoms with van der Waals surface area (Å²) in [6.07, 6.45) is 3.59. The summed E-state index contributed by atoms with van der Waals surface area (Å²) >= 11 is 0. The van der Waals surface area contributed by atoms with E-state index in [2.05, 4.69) is 10.4 Å². The highest BCUT2D eigenvalue weighted by Crippen LogP contribution is 2.14. The smallest absolute Gasteiger partial charge is 0.128 e. The van der Waals surface area contributed by atoms with E-state index in [1.54, 1.807) is 10.9 Å². The topological polar surface area (TPSA) is 29.9 Å². The van der Waals surface area contributed by atoms with Crippen LogP contribution in [0.3, 0.4) is 0 Å². The quantitative estimate of drug-likeness (QED) is 0.791. The molecule has 1 heterocycles. The van der Waals surface area contributed by atoms with Crippen LogP contribution in [0.25, 0.3) is 5.69 Å². The summed E-state index contributed by atoms with van der Waals surface area (Å²) in [4.78, 5) is 0. The first-order chi connectivity index (χ1) is 10.2. The Bertz CT molecular complexity index is 718. The lowest BCUT2D eigenvalue weighted by Gasteiger charge is -2.05. The van der Waals surface area contributed by atoms with Gasteiger partial charge >= 0.3 is 0 Å². The Labute approximate surface area is 120 Å². The lowest BCUT2D eigenvalue weighted by Crippen LogP contribution is -1.99. The predicted molar refractivity (Wildman–Crippen MR) is 77.2 cm³/mol. The maximum absolute atomic E-state index is 13.1. The van der Waals surface area contributed by atoms with Gasteiger partial charge in [-0.15, -0.1) is 0 Å². The lowest BCUT2D eigenvalue weighted by molar-refractivity contribution is 0.584. The van der Waals surface area contributed by atoms with E-state index in [9.17, 15) is 8.78 Å². The molecule has 3 nitrogen and oxygen atoms in total. The number of nitrogens with one attached hydrogen (secondary N) is 1. The Kier molecular flexibility index (Phi) is 3.64. The molecule has 21 heavy (non-hydrogen) atoms. The fraction of sp³-hybridized carbons (Fsp3) is 0.0625. The van der Waals surface area contributed by atoms with Crippen molar-refractivity contribution >= 4 is 5.69 Å². The number of hydrogen-bond donors (Lipinski definition) is 1. The summed E-state index contributed by atoms with van der Waals surface area (Å²) in [6.45, 7) is 0.440. The van der Waals surface area contributed by atoms with Crippen LogP contribution in [-0.4, -0.2) is 9.78 Å². The zero-order chi connectivity index (χ0) is 14.7. The van der Waals surface area contributed by atoms with Gasteiger partial charge in [0.2, 0.25) is 0 Å². The van der Waals surface area contributed by atoms with Crippen molar-refractivity contribution in [1.29, 1.82) is 0 Å². The molecule has 0 radical (unpaired) electrons. The van der Waals surface area contributed by atoms with Gasteiger partial charge in [-0.3, -0.25) is 0 Å². The molecule has 0 bridgehead atoms. The number of aromatic nitrogens is 2.